The van der Waals surface area contributed by atoms with Crippen molar-refractivity contribution in [3.05, 3.63) is 12.7 Å². The van der Waals surface area contributed by atoms with Gasteiger partial charge in [0.25, 0.3) is 0 Å². The SMILES string of the molecule is C=CCC(CCC)(CCC)[Se]C. The summed E-state index contributed by atoms with van der Waals surface area (Å²) in [4.78, 5) is 0. The number of allylic oxidation sites excluding steroid dienone is 1. The van der Waals surface area contributed by atoms with Gasteiger partial charge in [-0.15, -0.1) is 0 Å². The molecule has 0 aliphatic rings. The second kappa shape index (κ2) is 6.74. The second-order valence-corrected chi connectivity index (χ2v) is 6.05. The molecule has 0 atom stereocenters. The predicted octanol–water partition coefficient (Wildman–Crippen LogP) is 4.07. The van der Waals surface area contributed by atoms with E-state index < -0.39 is 0 Å². The van der Waals surface area contributed by atoms with Crippen LogP contribution in [0, 0.1) is 0 Å². The Morgan fingerprint density at radius 2 is 1.75 bits per heavy atom. The van der Waals surface area contributed by atoms with E-state index in [4.69, 9.17) is 0 Å². The summed E-state index contributed by atoms with van der Waals surface area (Å²) in [6.45, 7) is 8.45. The Morgan fingerprint density at radius 1 is 1.25 bits per heavy atom. The predicted molar refractivity (Wildman–Crippen MR) is 58.9 cm³/mol. The van der Waals surface area contributed by atoms with Crippen molar-refractivity contribution in [1.82, 2.24) is 0 Å². The van der Waals surface area contributed by atoms with Crippen molar-refractivity contribution in [2.75, 3.05) is 0 Å². The summed E-state index contributed by atoms with van der Waals surface area (Å²) >= 11 is 0.771. The van der Waals surface area contributed by atoms with Crippen LogP contribution in [0.2, 0.25) is 10.1 Å². The molecular formula is C11H22Se. The standard InChI is InChI=1S/C11H22Se/c1-5-8-11(12-4,9-6-2)10-7-3/h5H,1,6-10H2,2-4H3. The first-order valence-corrected chi connectivity index (χ1v) is 7.47. The molecule has 0 aliphatic heterocycles. The molecule has 12 heavy (non-hydrogen) atoms. The second-order valence-electron chi connectivity index (χ2n) is 3.38. The molecule has 1 heteroatoms. The van der Waals surface area contributed by atoms with Gasteiger partial charge in [0, 0.05) is 0 Å². The molecule has 0 bridgehead atoms. The molecule has 0 radical (unpaired) electrons. The van der Waals surface area contributed by atoms with Crippen LogP contribution in [0.3, 0.4) is 0 Å². The summed E-state index contributed by atoms with van der Waals surface area (Å²) in [5.74, 6) is 2.38. The van der Waals surface area contributed by atoms with E-state index in [1.54, 1.807) is 0 Å². The van der Waals surface area contributed by atoms with Crippen LogP contribution in [0.25, 0.3) is 0 Å². The van der Waals surface area contributed by atoms with E-state index in [1.807, 2.05) is 0 Å². The van der Waals surface area contributed by atoms with E-state index in [2.05, 4.69) is 32.3 Å². The molecule has 0 nitrogen and oxygen atoms in total. The fraction of sp³-hybridized carbons (Fsp3) is 0.818. The van der Waals surface area contributed by atoms with Crippen LogP contribution in [0.5, 0.6) is 0 Å². The van der Waals surface area contributed by atoms with Gasteiger partial charge in [-0.05, 0) is 0 Å². The molecule has 72 valence electrons. The van der Waals surface area contributed by atoms with E-state index >= 15 is 0 Å². The Labute approximate surface area is 84.0 Å². The average Bonchev–Trinajstić information content (AvgIpc) is 2.06. The summed E-state index contributed by atoms with van der Waals surface area (Å²) in [5.41, 5.74) is 0. The van der Waals surface area contributed by atoms with Crippen LogP contribution in [0.4, 0.5) is 0 Å². The van der Waals surface area contributed by atoms with Crippen LogP contribution >= 0.6 is 0 Å². The minimum atomic E-state index is 0.637. The maximum absolute atomic E-state index is 3.87. The van der Waals surface area contributed by atoms with E-state index in [1.165, 1.54) is 32.1 Å². The maximum atomic E-state index is 3.87. The van der Waals surface area contributed by atoms with Gasteiger partial charge in [-0.2, -0.15) is 0 Å². The van der Waals surface area contributed by atoms with E-state index in [9.17, 15) is 0 Å². The monoisotopic (exact) mass is 234 g/mol. The molecule has 0 heterocycles. The van der Waals surface area contributed by atoms with Crippen LogP contribution in [-0.2, 0) is 0 Å². The third-order valence-corrected chi connectivity index (χ3v) is 5.38. The van der Waals surface area contributed by atoms with Crippen molar-refractivity contribution in [2.45, 2.75) is 56.1 Å². The Bertz CT molecular complexity index is 112. The molecule has 0 fully saturated rings. The van der Waals surface area contributed by atoms with Gasteiger partial charge in [-0.1, -0.05) is 0 Å². The van der Waals surface area contributed by atoms with Gasteiger partial charge in [0.2, 0.25) is 0 Å². The zero-order valence-corrected chi connectivity index (χ0v) is 10.4. The minimum absolute atomic E-state index is 0.637. The normalized spacial score (nSPS) is 11.6. The Morgan fingerprint density at radius 3 is 2.00 bits per heavy atom. The fourth-order valence-corrected chi connectivity index (χ4v) is 4.10. The molecular weight excluding hydrogens is 211 g/mol. The van der Waals surface area contributed by atoms with Gasteiger partial charge in [0.1, 0.15) is 0 Å². The molecule has 0 aromatic rings. The number of rotatable bonds is 7. The summed E-state index contributed by atoms with van der Waals surface area (Å²) in [6.07, 6.45) is 8.77. The molecule has 0 aliphatic carbocycles. The van der Waals surface area contributed by atoms with E-state index in [0.717, 1.165) is 15.0 Å². The van der Waals surface area contributed by atoms with Gasteiger partial charge >= 0.3 is 83.7 Å². The van der Waals surface area contributed by atoms with Gasteiger partial charge in [0.05, 0.1) is 0 Å². The molecule has 0 N–H and O–H groups in total. The average molecular weight is 233 g/mol. The van der Waals surface area contributed by atoms with Crippen molar-refractivity contribution < 1.29 is 0 Å². The summed E-state index contributed by atoms with van der Waals surface area (Å²) in [5, 5.41) is 0. The van der Waals surface area contributed by atoms with E-state index in [-0.39, 0.29) is 0 Å². The zero-order chi connectivity index (χ0) is 9.45. The first kappa shape index (κ1) is 12.3. The van der Waals surface area contributed by atoms with Gasteiger partial charge in [0.15, 0.2) is 0 Å². The van der Waals surface area contributed by atoms with Crippen LogP contribution < -0.4 is 0 Å². The van der Waals surface area contributed by atoms with Crippen LogP contribution in [0.1, 0.15) is 46.0 Å². The first-order valence-electron chi connectivity index (χ1n) is 4.90. The van der Waals surface area contributed by atoms with Crippen molar-refractivity contribution in [3.63, 3.8) is 0 Å². The summed E-state index contributed by atoms with van der Waals surface area (Å²) in [7, 11) is 0. The third kappa shape index (κ3) is 3.78. The van der Waals surface area contributed by atoms with Gasteiger partial charge in [-0.3, -0.25) is 0 Å². The molecule has 0 spiro atoms. The molecule has 0 unspecified atom stereocenters. The van der Waals surface area contributed by atoms with Crippen LogP contribution in [0.15, 0.2) is 12.7 Å². The Kier molecular flexibility index (Phi) is 6.89. The molecule has 0 aromatic carbocycles. The molecule has 0 rings (SSSR count). The first-order chi connectivity index (χ1) is 5.74. The van der Waals surface area contributed by atoms with E-state index in [0.29, 0.717) is 4.31 Å². The number of hydrogen-bond acceptors (Lipinski definition) is 0. The molecule has 0 saturated carbocycles. The van der Waals surface area contributed by atoms with Crippen molar-refractivity contribution in [2.24, 2.45) is 0 Å². The zero-order valence-electron chi connectivity index (χ0n) is 8.73. The summed E-state index contributed by atoms with van der Waals surface area (Å²) in [6, 6.07) is 0. The molecule has 0 saturated heterocycles. The molecule has 0 aromatic heterocycles. The fourth-order valence-electron chi connectivity index (χ4n) is 1.79. The van der Waals surface area contributed by atoms with Crippen molar-refractivity contribution in [3.8, 4) is 0 Å². The third-order valence-electron chi connectivity index (χ3n) is 2.36. The Hall–Kier alpha value is 0.259. The molecule has 0 amide bonds. The number of hydrogen-bond donors (Lipinski definition) is 0. The van der Waals surface area contributed by atoms with Crippen LogP contribution in [-0.4, -0.2) is 15.0 Å². The van der Waals surface area contributed by atoms with Crippen molar-refractivity contribution in [1.29, 1.82) is 0 Å². The Balaban J connectivity index is 4.15. The summed E-state index contributed by atoms with van der Waals surface area (Å²) < 4.78 is 0.637. The van der Waals surface area contributed by atoms with Crippen molar-refractivity contribution >= 4 is 15.0 Å². The topological polar surface area (TPSA) is 0 Å². The van der Waals surface area contributed by atoms with Gasteiger partial charge in [-0.25, -0.2) is 0 Å². The van der Waals surface area contributed by atoms with Gasteiger partial charge < -0.3 is 0 Å². The quantitative estimate of drug-likeness (QED) is 0.459.